The lowest BCUT2D eigenvalue weighted by molar-refractivity contribution is -0.384. The van der Waals surface area contributed by atoms with Crippen LogP contribution in [0.4, 0.5) is 11.4 Å². The molecule has 1 aromatic heterocycles. The second-order valence-corrected chi connectivity index (χ2v) is 5.64. The van der Waals surface area contributed by atoms with Gasteiger partial charge in [0, 0.05) is 16.6 Å². The fraction of sp³-hybridized carbons (Fsp3) is 0.231. The molecule has 0 aliphatic carbocycles. The summed E-state index contributed by atoms with van der Waals surface area (Å²) in [6.45, 7) is 3.87. The number of aryl methyl sites for hydroxylation is 1. The number of thiophene rings is 1. The summed E-state index contributed by atoms with van der Waals surface area (Å²) in [5.74, 6) is 0. The Labute approximate surface area is 120 Å². The maximum Gasteiger partial charge on any atom is 0.288 e. The third-order valence-electron chi connectivity index (χ3n) is 2.83. The SMILES string of the molecule is Cc1cc([N+](=O)[O-])c(Cl)cc1NC(C)c1cccs1. The van der Waals surface area contributed by atoms with Gasteiger partial charge in [-0.2, -0.15) is 0 Å². The molecule has 1 aromatic carbocycles. The van der Waals surface area contributed by atoms with Crippen LogP contribution in [0.2, 0.25) is 5.02 Å². The molecule has 19 heavy (non-hydrogen) atoms. The summed E-state index contributed by atoms with van der Waals surface area (Å²) in [6, 6.07) is 7.28. The number of rotatable bonds is 4. The van der Waals surface area contributed by atoms with Crippen LogP contribution in [-0.4, -0.2) is 4.92 Å². The average molecular weight is 297 g/mol. The lowest BCUT2D eigenvalue weighted by Crippen LogP contribution is -2.06. The Morgan fingerprint density at radius 3 is 2.79 bits per heavy atom. The zero-order chi connectivity index (χ0) is 14.0. The van der Waals surface area contributed by atoms with E-state index in [2.05, 4.69) is 5.32 Å². The molecule has 2 aromatic rings. The second kappa shape index (κ2) is 5.59. The molecule has 4 nitrogen and oxygen atoms in total. The molecule has 1 unspecified atom stereocenters. The minimum atomic E-state index is -0.470. The minimum absolute atomic E-state index is 0.0616. The standard InChI is InChI=1S/C13H13ClN2O2S/c1-8-6-12(16(17)18)10(14)7-11(8)15-9(2)13-4-3-5-19-13/h3-7,9,15H,1-2H3. The average Bonchev–Trinajstić information content (AvgIpc) is 2.86. The molecule has 1 heterocycles. The Bertz CT molecular complexity index is 599. The van der Waals surface area contributed by atoms with Crippen molar-refractivity contribution >= 4 is 34.3 Å². The largest absolute Gasteiger partial charge is 0.377 e. The van der Waals surface area contributed by atoms with Gasteiger partial charge in [0.05, 0.1) is 11.0 Å². The third-order valence-corrected chi connectivity index (χ3v) is 4.19. The van der Waals surface area contributed by atoms with Crippen LogP contribution in [0.15, 0.2) is 29.6 Å². The molecule has 1 N–H and O–H groups in total. The summed E-state index contributed by atoms with van der Waals surface area (Å²) in [5.41, 5.74) is 1.56. The quantitative estimate of drug-likeness (QED) is 0.652. The van der Waals surface area contributed by atoms with Crippen molar-refractivity contribution in [3.63, 3.8) is 0 Å². The van der Waals surface area contributed by atoms with E-state index in [0.717, 1.165) is 11.3 Å². The van der Waals surface area contributed by atoms with Gasteiger partial charge < -0.3 is 5.32 Å². The predicted molar refractivity (Wildman–Crippen MR) is 79.2 cm³/mol. The molecule has 0 saturated heterocycles. The topological polar surface area (TPSA) is 55.2 Å². The van der Waals surface area contributed by atoms with Crippen molar-refractivity contribution in [2.45, 2.75) is 19.9 Å². The van der Waals surface area contributed by atoms with E-state index < -0.39 is 4.92 Å². The second-order valence-electron chi connectivity index (χ2n) is 4.26. The molecule has 0 spiro atoms. The Balaban J connectivity index is 2.26. The minimum Gasteiger partial charge on any atom is -0.377 e. The van der Waals surface area contributed by atoms with Crippen LogP contribution in [0, 0.1) is 17.0 Å². The van der Waals surface area contributed by atoms with Crippen molar-refractivity contribution in [2.24, 2.45) is 0 Å². The van der Waals surface area contributed by atoms with Gasteiger partial charge in [-0.1, -0.05) is 17.7 Å². The number of hydrogen-bond acceptors (Lipinski definition) is 4. The van der Waals surface area contributed by atoms with E-state index in [0.29, 0.717) is 0 Å². The van der Waals surface area contributed by atoms with Gasteiger partial charge in [-0.25, -0.2) is 0 Å². The number of nitrogens with one attached hydrogen (secondary N) is 1. The molecule has 0 aliphatic heterocycles. The number of anilines is 1. The van der Waals surface area contributed by atoms with Crippen LogP contribution in [-0.2, 0) is 0 Å². The van der Waals surface area contributed by atoms with Crippen molar-refractivity contribution in [3.05, 3.63) is 55.2 Å². The van der Waals surface area contributed by atoms with E-state index in [1.165, 1.54) is 10.9 Å². The van der Waals surface area contributed by atoms with E-state index in [-0.39, 0.29) is 16.8 Å². The molecule has 0 radical (unpaired) electrons. The van der Waals surface area contributed by atoms with Crippen molar-refractivity contribution in [2.75, 3.05) is 5.32 Å². The fourth-order valence-electron chi connectivity index (χ4n) is 1.80. The third kappa shape index (κ3) is 3.05. The molecule has 100 valence electrons. The lowest BCUT2D eigenvalue weighted by Gasteiger charge is -2.16. The summed E-state index contributed by atoms with van der Waals surface area (Å²) >= 11 is 7.59. The lowest BCUT2D eigenvalue weighted by atomic mass is 10.1. The maximum atomic E-state index is 10.8. The van der Waals surface area contributed by atoms with E-state index in [1.54, 1.807) is 17.4 Å². The van der Waals surface area contributed by atoms with Gasteiger partial charge >= 0.3 is 0 Å². The molecule has 6 heteroatoms. The Kier molecular flexibility index (Phi) is 4.07. The zero-order valence-corrected chi connectivity index (χ0v) is 12.1. The highest BCUT2D eigenvalue weighted by Gasteiger charge is 2.16. The van der Waals surface area contributed by atoms with Crippen molar-refractivity contribution < 1.29 is 4.92 Å². The fourth-order valence-corrected chi connectivity index (χ4v) is 2.77. The smallest absolute Gasteiger partial charge is 0.288 e. The van der Waals surface area contributed by atoms with Gasteiger partial charge in [0.15, 0.2) is 0 Å². The number of hydrogen-bond donors (Lipinski definition) is 1. The number of halogens is 1. The number of nitrogens with zero attached hydrogens (tertiary/aromatic N) is 1. The number of benzene rings is 1. The van der Waals surface area contributed by atoms with E-state index in [9.17, 15) is 10.1 Å². The van der Waals surface area contributed by atoms with Gasteiger partial charge in [0.25, 0.3) is 5.69 Å². The monoisotopic (exact) mass is 296 g/mol. The highest BCUT2D eigenvalue weighted by molar-refractivity contribution is 7.10. The van der Waals surface area contributed by atoms with Crippen LogP contribution < -0.4 is 5.32 Å². The van der Waals surface area contributed by atoms with Gasteiger partial charge in [-0.3, -0.25) is 10.1 Å². The molecule has 1 atom stereocenters. The Hall–Kier alpha value is -1.59. The number of nitro groups is 1. The molecular weight excluding hydrogens is 284 g/mol. The van der Waals surface area contributed by atoms with Crippen LogP contribution in [0.1, 0.15) is 23.4 Å². The van der Waals surface area contributed by atoms with Gasteiger partial charge in [-0.05, 0) is 36.9 Å². The predicted octanol–water partition coefficient (Wildman–Crippen LogP) is 4.79. The van der Waals surface area contributed by atoms with Crippen molar-refractivity contribution in [1.29, 1.82) is 0 Å². The first kappa shape index (κ1) is 13.8. The van der Waals surface area contributed by atoms with E-state index in [4.69, 9.17) is 11.6 Å². The summed E-state index contributed by atoms with van der Waals surface area (Å²) in [4.78, 5) is 11.5. The van der Waals surface area contributed by atoms with Crippen LogP contribution in [0.5, 0.6) is 0 Å². The van der Waals surface area contributed by atoms with Crippen LogP contribution in [0.25, 0.3) is 0 Å². The first-order chi connectivity index (χ1) is 8.99. The maximum absolute atomic E-state index is 10.8. The molecular formula is C13H13ClN2O2S. The Morgan fingerprint density at radius 2 is 2.21 bits per heavy atom. The molecule has 0 bridgehead atoms. The summed E-state index contributed by atoms with van der Waals surface area (Å²) in [6.07, 6.45) is 0. The van der Waals surface area contributed by atoms with Gasteiger partial charge in [-0.15, -0.1) is 11.3 Å². The number of nitro benzene ring substituents is 1. The summed E-state index contributed by atoms with van der Waals surface area (Å²) in [7, 11) is 0. The first-order valence-electron chi connectivity index (χ1n) is 5.73. The normalized spacial score (nSPS) is 12.2. The molecule has 2 rings (SSSR count). The van der Waals surface area contributed by atoms with Crippen LogP contribution >= 0.6 is 22.9 Å². The van der Waals surface area contributed by atoms with E-state index in [1.807, 2.05) is 31.4 Å². The summed E-state index contributed by atoms with van der Waals surface area (Å²) < 4.78 is 0. The van der Waals surface area contributed by atoms with E-state index >= 15 is 0 Å². The molecule has 0 saturated carbocycles. The highest BCUT2D eigenvalue weighted by Crippen LogP contribution is 2.32. The molecule has 0 aliphatic rings. The summed E-state index contributed by atoms with van der Waals surface area (Å²) in [5, 5.41) is 16.3. The van der Waals surface area contributed by atoms with Crippen molar-refractivity contribution in [3.8, 4) is 0 Å². The highest BCUT2D eigenvalue weighted by atomic mass is 35.5. The van der Waals surface area contributed by atoms with Crippen LogP contribution in [0.3, 0.4) is 0 Å². The van der Waals surface area contributed by atoms with Gasteiger partial charge in [0.1, 0.15) is 5.02 Å². The molecule has 0 fully saturated rings. The van der Waals surface area contributed by atoms with Gasteiger partial charge in [0.2, 0.25) is 0 Å². The van der Waals surface area contributed by atoms with Crippen molar-refractivity contribution in [1.82, 2.24) is 0 Å². The Morgan fingerprint density at radius 1 is 1.47 bits per heavy atom. The molecule has 0 amide bonds. The zero-order valence-electron chi connectivity index (χ0n) is 10.5. The first-order valence-corrected chi connectivity index (χ1v) is 6.99.